The molecule has 0 fully saturated rings. The van der Waals surface area contributed by atoms with Crippen LogP contribution in [0.4, 0.5) is 5.82 Å². The van der Waals surface area contributed by atoms with Crippen LogP contribution < -0.4 is 4.90 Å². The van der Waals surface area contributed by atoms with Crippen molar-refractivity contribution < 1.29 is 9.53 Å². The highest BCUT2D eigenvalue weighted by Gasteiger charge is 2.21. The van der Waals surface area contributed by atoms with Crippen LogP contribution in [0.25, 0.3) is 10.2 Å². The van der Waals surface area contributed by atoms with Gasteiger partial charge in [-0.1, -0.05) is 13.3 Å². The molecule has 0 saturated carbocycles. The zero-order valence-electron chi connectivity index (χ0n) is 12.4. The number of fused-ring (bicyclic) bond motifs is 1. The van der Waals surface area contributed by atoms with Gasteiger partial charge in [0.15, 0.2) is 0 Å². The summed E-state index contributed by atoms with van der Waals surface area (Å²) in [6.07, 6.45) is 2.12. The Morgan fingerprint density at radius 1 is 1.43 bits per heavy atom. The first-order valence-electron chi connectivity index (χ1n) is 6.91. The van der Waals surface area contributed by atoms with E-state index in [0.29, 0.717) is 22.8 Å². The first-order valence-corrected chi connectivity index (χ1v) is 8.17. The number of esters is 1. The molecule has 2 heterocycles. The average molecular weight is 328 g/mol. The van der Waals surface area contributed by atoms with E-state index in [9.17, 15) is 4.79 Å². The van der Waals surface area contributed by atoms with E-state index in [4.69, 9.17) is 16.3 Å². The second-order valence-corrected chi connectivity index (χ2v) is 5.84. The average Bonchev–Trinajstić information content (AvgIpc) is 2.87. The smallest absolute Gasteiger partial charge is 0.339 e. The van der Waals surface area contributed by atoms with Crippen molar-refractivity contribution in [2.75, 3.05) is 25.1 Å². The topological polar surface area (TPSA) is 55.3 Å². The molecule has 2 aromatic rings. The van der Waals surface area contributed by atoms with E-state index in [2.05, 4.69) is 16.9 Å². The molecule has 0 N–H and O–H groups in total. The molecule has 5 nitrogen and oxygen atoms in total. The number of halogens is 1. The van der Waals surface area contributed by atoms with E-state index in [1.165, 1.54) is 11.3 Å². The fourth-order valence-electron chi connectivity index (χ4n) is 2.03. The van der Waals surface area contributed by atoms with E-state index < -0.39 is 0 Å². The van der Waals surface area contributed by atoms with E-state index in [-0.39, 0.29) is 11.3 Å². The third kappa shape index (κ3) is 3.44. The fraction of sp³-hybridized carbons (Fsp3) is 0.500. The molecule has 2 aromatic heterocycles. The predicted octanol–water partition coefficient (Wildman–Crippen LogP) is 3.76. The largest absolute Gasteiger partial charge is 0.462 e. The molecule has 0 bridgehead atoms. The summed E-state index contributed by atoms with van der Waals surface area (Å²) in [5.41, 5.74) is 0.506. The SMILES string of the molecule is CCCCN(C)c1nc(Cl)nc2scc(C(=O)OCC)c12. The molecular weight excluding hydrogens is 310 g/mol. The van der Waals surface area contributed by atoms with Crippen molar-refractivity contribution in [2.24, 2.45) is 0 Å². The summed E-state index contributed by atoms with van der Waals surface area (Å²) in [5, 5.41) is 2.67. The summed E-state index contributed by atoms with van der Waals surface area (Å²) >= 11 is 7.37. The van der Waals surface area contributed by atoms with Crippen LogP contribution >= 0.6 is 22.9 Å². The van der Waals surface area contributed by atoms with Crippen molar-refractivity contribution in [3.8, 4) is 0 Å². The lowest BCUT2D eigenvalue weighted by molar-refractivity contribution is 0.0529. The quantitative estimate of drug-likeness (QED) is 0.597. The molecule has 0 aromatic carbocycles. The molecule has 0 saturated heterocycles. The molecule has 0 aliphatic heterocycles. The summed E-state index contributed by atoms with van der Waals surface area (Å²) in [7, 11) is 1.94. The molecule has 114 valence electrons. The normalized spacial score (nSPS) is 10.9. The summed E-state index contributed by atoms with van der Waals surface area (Å²) < 4.78 is 5.10. The van der Waals surface area contributed by atoms with Gasteiger partial charge in [-0.05, 0) is 24.9 Å². The third-order valence-electron chi connectivity index (χ3n) is 3.09. The molecule has 0 amide bonds. The van der Waals surface area contributed by atoms with E-state index in [1.54, 1.807) is 12.3 Å². The summed E-state index contributed by atoms with van der Waals surface area (Å²) in [4.78, 5) is 23.3. The van der Waals surface area contributed by atoms with Gasteiger partial charge in [0.1, 0.15) is 10.6 Å². The lowest BCUT2D eigenvalue weighted by atomic mass is 10.2. The maximum absolute atomic E-state index is 12.1. The molecule has 7 heteroatoms. The number of hydrogen-bond donors (Lipinski definition) is 0. The summed E-state index contributed by atoms with van der Waals surface area (Å²) in [5.74, 6) is 0.336. The van der Waals surface area contributed by atoms with Crippen LogP contribution in [0.5, 0.6) is 0 Å². The third-order valence-corrected chi connectivity index (χ3v) is 4.13. The molecule has 0 radical (unpaired) electrons. The van der Waals surface area contributed by atoms with Gasteiger partial charge in [0.2, 0.25) is 5.28 Å². The fourth-order valence-corrected chi connectivity index (χ4v) is 3.15. The zero-order chi connectivity index (χ0) is 15.4. The minimum Gasteiger partial charge on any atom is -0.462 e. The number of anilines is 1. The van der Waals surface area contributed by atoms with E-state index in [0.717, 1.165) is 24.8 Å². The predicted molar refractivity (Wildman–Crippen MR) is 86.6 cm³/mol. The van der Waals surface area contributed by atoms with Gasteiger partial charge in [-0.3, -0.25) is 0 Å². The van der Waals surface area contributed by atoms with Gasteiger partial charge in [0.05, 0.1) is 17.6 Å². The molecule has 0 aliphatic rings. The molecule has 0 spiro atoms. The minimum atomic E-state index is -0.347. The van der Waals surface area contributed by atoms with Crippen molar-refractivity contribution >= 4 is 44.9 Å². The number of aromatic nitrogens is 2. The number of rotatable bonds is 6. The first kappa shape index (κ1) is 16.0. The second kappa shape index (κ2) is 7.04. The Bertz CT molecular complexity index is 644. The molecule has 0 aliphatic carbocycles. The van der Waals surface area contributed by atoms with Gasteiger partial charge in [0.25, 0.3) is 0 Å². The Kier molecular flexibility index (Phi) is 5.36. The number of hydrogen-bond acceptors (Lipinski definition) is 6. The highest BCUT2D eigenvalue weighted by Crippen LogP contribution is 2.33. The first-order chi connectivity index (χ1) is 10.1. The van der Waals surface area contributed by atoms with Crippen LogP contribution in [0.3, 0.4) is 0 Å². The Morgan fingerprint density at radius 3 is 2.86 bits per heavy atom. The Hall–Kier alpha value is -1.40. The van der Waals surface area contributed by atoms with Crippen LogP contribution in [0.1, 0.15) is 37.0 Å². The van der Waals surface area contributed by atoms with Crippen molar-refractivity contribution in [1.82, 2.24) is 9.97 Å². The lowest BCUT2D eigenvalue weighted by Gasteiger charge is -2.19. The second-order valence-electron chi connectivity index (χ2n) is 4.64. The highest BCUT2D eigenvalue weighted by atomic mass is 35.5. The zero-order valence-corrected chi connectivity index (χ0v) is 13.9. The Balaban J connectivity index is 2.51. The van der Waals surface area contributed by atoms with Gasteiger partial charge in [-0.25, -0.2) is 9.78 Å². The maximum atomic E-state index is 12.1. The lowest BCUT2D eigenvalue weighted by Crippen LogP contribution is -2.20. The van der Waals surface area contributed by atoms with Crippen molar-refractivity contribution in [3.63, 3.8) is 0 Å². The van der Waals surface area contributed by atoms with Crippen LogP contribution in [0.2, 0.25) is 5.28 Å². The monoisotopic (exact) mass is 327 g/mol. The molecule has 0 unspecified atom stereocenters. The maximum Gasteiger partial charge on any atom is 0.339 e. The number of thiophene rings is 1. The number of carbonyl (C=O) groups excluding carboxylic acids is 1. The number of unbranched alkanes of at least 4 members (excludes halogenated alkanes) is 1. The van der Waals surface area contributed by atoms with Crippen LogP contribution in [0.15, 0.2) is 5.38 Å². The van der Waals surface area contributed by atoms with Crippen LogP contribution in [-0.2, 0) is 4.74 Å². The number of carbonyl (C=O) groups is 1. The van der Waals surface area contributed by atoms with Crippen molar-refractivity contribution in [1.29, 1.82) is 0 Å². The van der Waals surface area contributed by atoms with Crippen LogP contribution in [-0.4, -0.2) is 36.1 Å². The Labute approximate surface area is 132 Å². The Morgan fingerprint density at radius 2 is 2.19 bits per heavy atom. The van der Waals surface area contributed by atoms with Crippen LogP contribution in [0, 0.1) is 0 Å². The van der Waals surface area contributed by atoms with Gasteiger partial charge in [-0.2, -0.15) is 4.98 Å². The van der Waals surface area contributed by atoms with E-state index in [1.807, 2.05) is 11.9 Å². The van der Waals surface area contributed by atoms with Gasteiger partial charge >= 0.3 is 5.97 Å². The summed E-state index contributed by atoms with van der Waals surface area (Å²) in [6, 6.07) is 0. The number of ether oxygens (including phenoxy) is 1. The van der Waals surface area contributed by atoms with Gasteiger partial charge < -0.3 is 9.64 Å². The molecule has 0 atom stereocenters. The van der Waals surface area contributed by atoms with Crippen molar-refractivity contribution in [2.45, 2.75) is 26.7 Å². The minimum absolute atomic E-state index is 0.193. The van der Waals surface area contributed by atoms with Crippen molar-refractivity contribution in [3.05, 3.63) is 16.2 Å². The number of nitrogens with zero attached hydrogens (tertiary/aromatic N) is 3. The van der Waals surface area contributed by atoms with E-state index >= 15 is 0 Å². The molecule has 21 heavy (non-hydrogen) atoms. The standard InChI is InChI=1S/C14H18ClN3O2S/c1-4-6-7-18(3)11-10-9(13(19)20-5-2)8-21-12(10)17-14(15)16-11/h8H,4-7H2,1-3H3. The molecule has 2 rings (SSSR count). The molecular formula is C14H18ClN3O2S. The van der Waals surface area contributed by atoms with Gasteiger partial charge in [0, 0.05) is 19.0 Å². The highest BCUT2D eigenvalue weighted by molar-refractivity contribution is 7.17. The van der Waals surface area contributed by atoms with Gasteiger partial charge in [-0.15, -0.1) is 11.3 Å². The summed E-state index contributed by atoms with van der Waals surface area (Å²) in [6.45, 7) is 5.10.